The monoisotopic (exact) mass is 421 g/mol. The van der Waals surface area contributed by atoms with Crippen LogP contribution in [0.15, 0.2) is 111 Å². The molecule has 0 radical (unpaired) electrons. The lowest BCUT2D eigenvalue weighted by Crippen LogP contribution is -1.98. The van der Waals surface area contributed by atoms with Crippen LogP contribution in [0.4, 0.5) is 10.1 Å². The SMILES string of the molecule is CCCCC(=C\Sc1ccc(F)cc1)/C(=N/c1ccccc1)Sc1ccccc1. The second kappa shape index (κ2) is 11.6. The topological polar surface area (TPSA) is 12.4 Å². The molecule has 0 aromatic heterocycles. The molecule has 0 fully saturated rings. The number of hydrogen-bond donors (Lipinski definition) is 0. The molecule has 0 atom stereocenters. The Kier molecular flexibility index (Phi) is 8.59. The van der Waals surface area contributed by atoms with Crippen molar-refractivity contribution in [3.63, 3.8) is 0 Å². The van der Waals surface area contributed by atoms with Crippen LogP contribution in [0.3, 0.4) is 0 Å². The van der Waals surface area contributed by atoms with Gasteiger partial charge in [-0.15, -0.1) is 0 Å². The fraction of sp³-hybridized carbons (Fsp3) is 0.160. The zero-order valence-electron chi connectivity index (χ0n) is 16.4. The van der Waals surface area contributed by atoms with Gasteiger partial charge in [0.1, 0.15) is 10.9 Å². The maximum atomic E-state index is 13.2. The number of benzene rings is 3. The van der Waals surface area contributed by atoms with Crippen molar-refractivity contribution in [2.45, 2.75) is 36.0 Å². The third kappa shape index (κ3) is 7.22. The number of para-hydroxylation sites is 1. The lowest BCUT2D eigenvalue weighted by molar-refractivity contribution is 0.626. The van der Waals surface area contributed by atoms with Gasteiger partial charge in [0.05, 0.1) is 5.69 Å². The van der Waals surface area contributed by atoms with Gasteiger partial charge in [-0.2, -0.15) is 0 Å². The van der Waals surface area contributed by atoms with E-state index in [4.69, 9.17) is 4.99 Å². The van der Waals surface area contributed by atoms with Crippen LogP contribution in [0, 0.1) is 5.82 Å². The highest BCUT2D eigenvalue weighted by molar-refractivity contribution is 8.14. The molecule has 148 valence electrons. The molecule has 0 unspecified atom stereocenters. The van der Waals surface area contributed by atoms with Crippen molar-refractivity contribution in [1.29, 1.82) is 0 Å². The van der Waals surface area contributed by atoms with Gasteiger partial charge in [0.2, 0.25) is 0 Å². The highest BCUT2D eigenvalue weighted by atomic mass is 32.2. The Balaban J connectivity index is 1.93. The first kappa shape index (κ1) is 21.4. The van der Waals surface area contributed by atoms with Crippen LogP contribution in [-0.4, -0.2) is 5.04 Å². The molecule has 29 heavy (non-hydrogen) atoms. The van der Waals surface area contributed by atoms with Crippen molar-refractivity contribution >= 4 is 34.3 Å². The van der Waals surface area contributed by atoms with Gasteiger partial charge in [0, 0.05) is 9.79 Å². The minimum absolute atomic E-state index is 0.213. The van der Waals surface area contributed by atoms with Gasteiger partial charge in [-0.05, 0) is 72.4 Å². The van der Waals surface area contributed by atoms with E-state index < -0.39 is 0 Å². The van der Waals surface area contributed by atoms with Gasteiger partial charge in [-0.3, -0.25) is 0 Å². The van der Waals surface area contributed by atoms with Crippen LogP contribution in [0.5, 0.6) is 0 Å². The molecule has 0 bridgehead atoms. The van der Waals surface area contributed by atoms with Crippen molar-refractivity contribution < 1.29 is 4.39 Å². The molecule has 0 aliphatic heterocycles. The van der Waals surface area contributed by atoms with Crippen LogP contribution in [-0.2, 0) is 0 Å². The number of hydrogen-bond acceptors (Lipinski definition) is 3. The Labute approximate surface area is 181 Å². The van der Waals surface area contributed by atoms with E-state index in [0.29, 0.717) is 0 Å². The third-order valence-electron chi connectivity index (χ3n) is 4.17. The Morgan fingerprint density at radius 2 is 1.52 bits per heavy atom. The molecule has 0 aliphatic carbocycles. The molecule has 0 aliphatic rings. The molecule has 3 aromatic carbocycles. The number of aliphatic imine (C=N–C) groups is 1. The van der Waals surface area contributed by atoms with E-state index in [1.165, 1.54) is 17.7 Å². The van der Waals surface area contributed by atoms with Crippen molar-refractivity contribution in [2.24, 2.45) is 4.99 Å². The van der Waals surface area contributed by atoms with Crippen molar-refractivity contribution in [2.75, 3.05) is 0 Å². The molecule has 0 saturated heterocycles. The molecule has 1 nitrogen and oxygen atoms in total. The Bertz CT molecular complexity index is 936. The fourth-order valence-electron chi connectivity index (χ4n) is 2.62. The number of rotatable bonds is 8. The first-order valence-electron chi connectivity index (χ1n) is 9.73. The summed E-state index contributed by atoms with van der Waals surface area (Å²) in [4.78, 5) is 7.15. The Morgan fingerprint density at radius 3 is 2.17 bits per heavy atom. The van der Waals surface area contributed by atoms with Gasteiger partial charge in [-0.25, -0.2) is 9.38 Å². The smallest absolute Gasteiger partial charge is 0.123 e. The lowest BCUT2D eigenvalue weighted by Gasteiger charge is -2.12. The summed E-state index contributed by atoms with van der Waals surface area (Å²) in [7, 11) is 0. The lowest BCUT2D eigenvalue weighted by atomic mass is 10.1. The minimum Gasteiger partial charge on any atom is -0.241 e. The predicted octanol–water partition coefficient (Wildman–Crippen LogP) is 8.51. The van der Waals surface area contributed by atoms with Crippen molar-refractivity contribution in [3.05, 3.63) is 102 Å². The minimum atomic E-state index is -0.213. The third-order valence-corrected chi connectivity index (χ3v) is 6.17. The number of nitrogens with zero attached hydrogens (tertiary/aromatic N) is 1. The van der Waals surface area contributed by atoms with E-state index in [0.717, 1.165) is 39.8 Å². The van der Waals surface area contributed by atoms with E-state index in [1.54, 1.807) is 23.5 Å². The average molecular weight is 422 g/mol. The van der Waals surface area contributed by atoms with E-state index in [1.807, 2.05) is 60.7 Å². The highest BCUT2D eigenvalue weighted by Gasteiger charge is 2.11. The Hall–Kier alpha value is -2.30. The largest absolute Gasteiger partial charge is 0.241 e. The summed E-state index contributed by atoms with van der Waals surface area (Å²) >= 11 is 3.30. The molecule has 4 heteroatoms. The van der Waals surface area contributed by atoms with Gasteiger partial charge in [0.25, 0.3) is 0 Å². The summed E-state index contributed by atoms with van der Waals surface area (Å²) in [6.07, 6.45) is 3.17. The first-order chi connectivity index (χ1) is 14.2. The van der Waals surface area contributed by atoms with Crippen LogP contribution >= 0.6 is 23.5 Å². The van der Waals surface area contributed by atoms with Crippen LogP contribution < -0.4 is 0 Å². The molecule has 0 spiro atoms. The fourth-order valence-corrected chi connectivity index (χ4v) is 4.45. The summed E-state index contributed by atoms with van der Waals surface area (Å²) < 4.78 is 13.2. The highest BCUT2D eigenvalue weighted by Crippen LogP contribution is 2.31. The summed E-state index contributed by atoms with van der Waals surface area (Å²) in [5.41, 5.74) is 2.15. The number of halogens is 1. The summed E-state index contributed by atoms with van der Waals surface area (Å²) in [5.74, 6) is -0.213. The summed E-state index contributed by atoms with van der Waals surface area (Å²) in [5, 5.41) is 3.17. The molecule has 0 amide bonds. The molecular weight excluding hydrogens is 397 g/mol. The van der Waals surface area contributed by atoms with E-state index in [-0.39, 0.29) is 5.82 Å². The van der Waals surface area contributed by atoms with Crippen molar-refractivity contribution in [1.82, 2.24) is 0 Å². The molecule has 3 rings (SSSR count). The molecule has 3 aromatic rings. The van der Waals surface area contributed by atoms with Crippen LogP contribution in [0.2, 0.25) is 0 Å². The normalized spacial score (nSPS) is 12.2. The molecule has 0 saturated carbocycles. The standard InChI is InChI=1S/C25H24FNS2/c1-2-3-10-20(19-28-23-17-15-21(26)16-18-23)25(27-22-11-6-4-7-12-22)29-24-13-8-5-9-14-24/h4-9,11-19H,2-3,10H2,1H3/b20-19+,27-25-. The maximum Gasteiger partial charge on any atom is 0.123 e. The van der Waals surface area contributed by atoms with Gasteiger partial charge >= 0.3 is 0 Å². The maximum absolute atomic E-state index is 13.2. The van der Waals surface area contributed by atoms with Gasteiger partial charge in [-0.1, -0.05) is 73.3 Å². The quantitative estimate of drug-likeness (QED) is 0.205. The number of unbranched alkanes of at least 4 members (excludes halogenated alkanes) is 1. The van der Waals surface area contributed by atoms with E-state index in [9.17, 15) is 4.39 Å². The molecule has 0 N–H and O–H groups in total. The Morgan fingerprint density at radius 1 is 0.862 bits per heavy atom. The van der Waals surface area contributed by atoms with Crippen LogP contribution in [0.1, 0.15) is 26.2 Å². The second-order valence-corrected chi connectivity index (χ2v) is 8.49. The predicted molar refractivity (Wildman–Crippen MR) is 126 cm³/mol. The second-order valence-electron chi connectivity index (χ2n) is 6.49. The number of thioether (sulfide) groups is 2. The van der Waals surface area contributed by atoms with Gasteiger partial charge in [0.15, 0.2) is 0 Å². The summed E-state index contributed by atoms with van der Waals surface area (Å²) in [6.45, 7) is 2.20. The zero-order valence-corrected chi connectivity index (χ0v) is 18.1. The molecular formula is C25H24FNS2. The van der Waals surface area contributed by atoms with Crippen LogP contribution in [0.25, 0.3) is 0 Å². The van der Waals surface area contributed by atoms with E-state index >= 15 is 0 Å². The first-order valence-corrected chi connectivity index (χ1v) is 11.4. The zero-order chi connectivity index (χ0) is 20.3. The summed E-state index contributed by atoms with van der Waals surface area (Å²) in [6, 6.07) is 27.0. The van der Waals surface area contributed by atoms with Crippen molar-refractivity contribution in [3.8, 4) is 0 Å². The molecule has 0 heterocycles. The van der Waals surface area contributed by atoms with E-state index in [2.05, 4.69) is 24.5 Å². The van der Waals surface area contributed by atoms with Gasteiger partial charge < -0.3 is 0 Å². The average Bonchev–Trinajstić information content (AvgIpc) is 2.76.